The SMILES string of the molecule is CCCCCCCCCCCCCCS(=O)(=O)CCC(=O)NCCC[N+](C)(C)C. The van der Waals surface area contributed by atoms with Crippen LogP contribution in [0.25, 0.3) is 0 Å². The summed E-state index contributed by atoms with van der Waals surface area (Å²) in [7, 11) is 3.24. The van der Waals surface area contributed by atoms with Gasteiger partial charge < -0.3 is 9.80 Å². The third-order valence-electron chi connectivity index (χ3n) is 5.28. The molecule has 0 saturated heterocycles. The first kappa shape index (κ1) is 28.4. The number of amides is 1. The van der Waals surface area contributed by atoms with E-state index in [-0.39, 0.29) is 23.8 Å². The molecule has 5 nitrogen and oxygen atoms in total. The number of hydrogen-bond donors (Lipinski definition) is 1. The van der Waals surface area contributed by atoms with Crippen LogP contribution in [0.1, 0.15) is 96.8 Å². The number of rotatable bonds is 20. The Labute approximate surface area is 181 Å². The van der Waals surface area contributed by atoms with Crippen molar-refractivity contribution in [2.45, 2.75) is 96.8 Å². The number of sulfone groups is 1. The average Bonchev–Trinajstić information content (AvgIpc) is 2.64. The van der Waals surface area contributed by atoms with Gasteiger partial charge in [-0.1, -0.05) is 77.6 Å². The molecule has 0 aromatic carbocycles. The number of nitrogens with zero attached hydrogens (tertiary/aromatic N) is 1. The van der Waals surface area contributed by atoms with Crippen molar-refractivity contribution in [3.63, 3.8) is 0 Å². The summed E-state index contributed by atoms with van der Waals surface area (Å²) in [6.07, 6.45) is 15.7. The first-order valence-corrected chi connectivity index (χ1v) is 13.8. The van der Waals surface area contributed by atoms with E-state index in [2.05, 4.69) is 33.4 Å². The molecular formula is C23H49N2O3S+. The van der Waals surface area contributed by atoms with Crippen LogP contribution in [0.15, 0.2) is 0 Å². The van der Waals surface area contributed by atoms with Gasteiger partial charge in [0.2, 0.25) is 5.91 Å². The van der Waals surface area contributed by atoms with Crippen molar-refractivity contribution in [1.29, 1.82) is 0 Å². The van der Waals surface area contributed by atoms with Crippen molar-refractivity contribution in [3.8, 4) is 0 Å². The summed E-state index contributed by atoms with van der Waals surface area (Å²) in [5, 5.41) is 2.83. The van der Waals surface area contributed by atoms with E-state index >= 15 is 0 Å². The highest BCUT2D eigenvalue weighted by molar-refractivity contribution is 7.91. The molecule has 0 unspecified atom stereocenters. The van der Waals surface area contributed by atoms with Crippen molar-refractivity contribution in [3.05, 3.63) is 0 Å². The number of unbranched alkanes of at least 4 members (excludes halogenated alkanes) is 11. The first-order chi connectivity index (χ1) is 13.7. The van der Waals surface area contributed by atoms with E-state index in [1.807, 2.05) is 0 Å². The maximum atomic E-state index is 12.1. The summed E-state index contributed by atoms with van der Waals surface area (Å²) in [6, 6.07) is 0. The van der Waals surface area contributed by atoms with Gasteiger partial charge in [-0.15, -0.1) is 0 Å². The molecule has 0 aromatic rings. The lowest BCUT2D eigenvalue weighted by molar-refractivity contribution is -0.870. The number of nitrogens with one attached hydrogen (secondary N) is 1. The lowest BCUT2D eigenvalue weighted by Gasteiger charge is -2.23. The fourth-order valence-corrected chi connectivity index (χ4v) is 4.73. The Morgan fingerprint density at radius 3 is 1.69 bits per heavy atom. The molecule has 29 heavy (non-hydrogen) atoms. The second-order valence-corrected chi connectivity index (χ2v) is 11.8. The zero-order valence-corrected chi connectivity index (χ0v) is 20.6. The van der Waals surface area contributed by atoms with Crippen LogP contribution in [0, 0.1) is 0 Å². The molecule has 0 aliphatic carbocycles. The lowest BCUT2D eigenvalue weighted by atomic mass is 10.1. The molecule has 0 heterocycles. The molecule has 0 fully saturated rings. The summed E-state index contributed by atoms with van der Waals surface area (Å²) < 4.78 is 25.1. The topological polar surface area (TPSA) is 63.2 Å². The molecule has 1 N–H and O–H groups in total. The molecule has 174 valence electrons. The molecule has 0 aliphatic rings. The molecule has 0 spiro atoms. The van der Waals surface area contributed by atoms with Gasteiger partial charge in [0.15, 0.2) is 9.84 Å². The third-order valence-corrected chi connectivity index (χ3v) is 7.01. The minimum atomic E-state index is -3.11. The molecule has 0 rings (SSSR count). The average molecular weight is 434 g/mol. The molecule has 0 atom stereocenters. The minimum absolute atomic E-state index is 0.0216. The molecule has 1 amide bonds. The van der Waals surface area contributed by atoms with Gasteiger partial charge in [-0.25, -0.2) is 8.42 Å². The Kier molecular flexibility index (Phi) is 16.7. The fraction of sp³-hybridized carbons (Fsp3) is 0.957. The Morgan fingerprint density at radius 2 is 1.21 bits per heavy atom. The highest BCUT2D eigenvalue weighted by atomic mass is 32.2. The largest absolute Gasteiger partial charge is 0.356 e. The van der Waals surface area contributed by atoms with E-state index in [9.17, 15) is 13.2 Å². The van der Waals surface area contributed by atoms with E-state index < -0.39 is 9.84 Å². The van der Waals surface area contributed by atoms with E-state index in [4.69, 9.17) is 0 Å². The molecule has 0 saturated carbocycles. The lowest BCUT2D eigenvalue weighted by Crippen LogP contribution is -2.37. The monoisotopic (exact) mass is 433 g/mol. The standard InChI is InChI=1S/C23H48N2O3S/c1-5-6-7-8-9-10-11-12-13-14-15-16-21-29(27,28)22-18-23(26)24-19-17-20-25(2,3)4/h5-22H2,1-4H3/p+1. The molecule has 0 aliphatic heterocycles. The van der Waals surface area contributed by atoms with Gasteiger partial charge in [0.25, 0.3) is 0 Å². The van der Waals surface area contributed by atoms with Gasteiger partial charge in [-0.2, -0.15) is 0 Å². The summed E-state index contributed by atoms with van der Waals surface area (Å²) in [5.74, 6) is 0.0514. The van der Waals surface area contributed by atoms with Crippen LogP contribution in [-0.4, -0.2) is 64.5 Å². The van der Waals surface area contributed by atoms with E-state index in [1.165, 1.54) is 57.8 Å². The Bertz CT molecular complexity index is 499. The number of quaternary nitrogens is 1. The fourth-order valence-electron chi connectivity index (χ4n) is 3.38. The highest BCUT2D eigenvalue weighted by Crippen LogP contribution is 2.12. The van der Waals surface area contributed by atoms with Crippen LogP contribution in [-0.2, 0) is 14.6 Å². The van der Waals surface area contributed by atoms with Crippen LogP contribution in [0.2, 0.25) is 0 Å². The number of carbonyl (C=O) groups excluding carboxylic acids is 1. The first-order valence-electron chi connectivity index (χ1n) is 11.9. The van der Waals surface area contributed by atoms with Crippen LogP contribution in [0.3, 0.4) is 0 Å². The van der Waals surface area contributed by atoms with E-state index in [0.717, 1.165) is 36.7 Å². The summed E-state index contributed by atoms with van der Waals surface area (Å²) >= 11 is 0. The molecule has 0 aromatic heterocycles. The predicted molar refractivity (Wildman–Crippen MR) is 125 cm³/mol. The quantitative estimate of drug-likeness (QED) is 0.223. The van der Waals surface area contributed by atoms with Crippen molar-refractivity contribution < 1.29 is 17.7 Å². The van der Waals surface area contributed by atoms with Crippen LogP contribution < -0.4 is 5.32 Å². The Hall–Kier alpha value is -0.620. The second-order valence-electron chi connectivity index (χ2n) is 9.51. The molecular weight excluding hydrogens is 384 g/mol. The number of carbonyl (C=O) groups is 1. The second kappa shape index (κ2) is 17.1. The minimum Gasteiger partial charge on any atom is -0.356 e. The summed E-state index contributed by atoms with van der Waals surface area (Å²) in [6.45, 7) is 3.85. The van der Waals surface area contributed by atoms with Gasteiger partial charge in [0, 0.05) is 19.4 Å². The third kappa shape index (κ3) is 21.9. The van der Waals surface area contributed by atoms with Gasteiger partial charge in [-0.05, 0) is 6.42 Å². The molecule has 0 bridgehead atoms. The van der Waals surface area contributed by atoms with Crippen LogP contribution >= 0.6 is 0 Å². The van der Waals surface area contributed by atoms with E-state index in [0.29, 0.717) is 6.54 Å². The highest BCUT2D eigenvalue weighted by Gasteiger charge is 2.13. The van der Waals surface area contributed by atoms with Gasteiger partial charge in [-0.3, -0.25) is 4.79 Å². The van der Waals surface area contributed by atoms with Gasteiger partial charge >= 0.3 is 0 Å². The van der Waals surface area contributed by atoms with Gasteiger partial charge in [0.1, 0.15) is 0 Å². The zero-order chi connectivity index (χ0) is 22.0. The number of hydrogen-bond acceptors (Lipinski definition) is 3. The van der Waals surface area contributed by atoms with Gasteiger partial charge in [0.05, 0.1) is 39.2 Å². The van der Waals surface area contributed by atoms with Crippen molar-refractivity contribution in [1.82, 2.24) is 5.32 Å². The molecule has 6 heteroatoms. The van der Waals surface area contributed by atoms with Crippen LogP contribution in [0.4, 0.5) is 0 Å². The van der Waals surface area contributed by atoms with Crippen LogP contribution in [0.5, 0.6) is 0 Å². The van der Waals surface area contributed by atoms with Crippen molar-refractivity contribution >= 4 is 15.7 Å². The smallest absolute Gasteiger partial charge is 0.221 e. The molecule has 0 radical (unpaired) electrons. The normalized spacial score (nSPS) is 12.3. The Morgan fingerprint density at radius 1 is 0.724 bits per heavy atom. The van der Waals surface area contributed by atoms with Crippen molar-refractivity contribution in [2.75, 3.05) is 45.7 Å². The summed E-state index contributed by atoms with van der Waals surface area (Å²) in [4.78, 5) is 11.8. The van der Waals surface area contributed by atoms with E-state index in [1.54, 1.807) is 0 Å². The maximum Gasteiger partial charge on any atom is 0.221 e. The predicted octanol–water partition coefficient (Wildman–Crippen LogP) is 4.70. The Balaban J connectivity index is 3.56. The van der Waals surface area contributed by atoms with Crippen molar-refractivity contribution in [2.24, 2.45) is 0 Å². The zero-order valence-electron chi connectivity index (χ0n) is 19.8. The summed E-state index contributed by atoms with van der Waals surface area (Å²) in [5.41, 5.74) is 0. The maximum absolute atomic E-state index is 12.1.